The fourth-order valence-electron chi connectivity index (χ4n) is 2.07. The number of aromatic amines is 1. The minimum atomic E-state index is -0.186. The largest absolute Gasteiger partial charge is 0.343 e. The highest BCUT2D eigenvalue weighted by Crippen LogP contribution is 2.24. The van der Waals surface area contributed by atoms with Gasteiger partial charge in [0.1, 0.15) is 0 Å². The van der Waals surface area contributed by atoms with Gasteiger partial charge in [-0.05, 0) is 31.9 Å². The smallest absolute Gasteiger partial charge is 0.289 e. The van der Waals surface area contributed by atoms with Crippen molar-refractivity contribution in [2.45, 2.75) is 20.8 Å². The van der Waals surface area contributed by atoms with E-state index in [2.05, 4.69) is 29.1 Å². The number of nitrogens with zero attached hydrogens (tertiary/aromatic N) is 2. The van der Waals surface area contributed by atoms with Crippen LogP contribution in [0.25, 0.3) is 11.4 Å². The number of aryl methyl sites for hydroxylation is 4. The van der Waals surface area contributed by atoms with Crippen LogP contribution in [0.15, 0.2) is 16.9 Å². The molecule has 1 aromatic carbocycles. The molecule has 0 aliphatic heterocycles. The summed E-state index contributed by atoms with van der Waals surface area (Å²) in [6.07, 6.45) is 0. The molecule has 4 nitrogen and oxygen atoms in total. The zero-order valence-electron chi connectivity index (χ0n) is 9.96. The van der Waals surface area contributed by atoms with E-state index in [4.69, 9.17) is 0 Å². The van der Waals surface area contributed by atoms with Crippen molar-refractivity contribution in [3.05, 3.63) is 39.3 Å². The average Bonchev–Trinajstić information content (AvgIpc) is 2.44. The van der Waals surface area contributed by atoms with Crippen LogP contribution in [-0.2, 0) is 7.05 Å². The molecule has 0 saturated heterocycles. The van der Waals surface area contributed by atoms with Gasteiger partial charge in [-0.1, -0.05) is 17.7 Å². The summed E-state index contributed by atoms with van der Waals surface area (Å²) >= 11 is 0. The van der Waals surface area contributed by atoms with Gasteiger partial charge in [-0.2, -0.15) is 5.10 Å². The second-order valence-corrected chi connectivity index (χ2v) is 4.18. The maximum Gasteiger partial charge on any atom is 0.343 e. The molecule has 0 spiro atoms. The monoisotopic (exact) mass is 217 g/mol. The number of rotatable bonds is 1. The van der Waals surface area contributed by atoms with E-state index in [0.717, 1.165) is 16.7 Å². The second kappa shape index (κ2) is 3.63. The first-order chi connectivity index (χ1) is 7.49. The quantitative estimate of drug-likeness (QED) is 0.790. The minimum Gasteiger partial charge on any atom is -0.289 e. The van der Waals surface area contributed by atoms with Gasteiger partial charge in [0.05, 0.1) is 0 Å². The summed E-state index contributed by atoms with van der Waals surface area (Å²) in [6, 6.07) is 4.19. The first-order valence-corrected chi connectivity index (χ1v) is 5.20. The van der Waals surface area contributed by atoms with E-state index in [1.165, 1.54) is 10.2 Å². The third kappa shape index (κ3) is 1.66. The molecular weight excluding hydrogens is 202 g/mol. The topological polar surface area (TPSA) is 50.7 Å². The van der Waals surface area contributed by atoms with Crippen LogP contribution < -0.4 is 5.69 Å². The lowest BCUT2D eigenvalue weighted by molar-refractivity contribution is 0.735. The normalized spacial score (nSPS) is 10.8. The van der Waals surface area contributed by atoms with E-state index in [9.17, 15) is 4.79 Å². The number of nitrogens with one attached hydrogen (secondary N) is 1. The Morgan fingerprint density at radius 1 is 1.19 bits per heavy atom. The highest BCUT2D eigenvalue weighted by molar-refractivity contribution is 5.64. The van der Waals surface area contributed by atoms with Crippen LogP contribution in [-0.4, -0.2) is 14.8 Å². The number of hydrogen-bond acceptors (Lipinski definition) is 2. The van der Waals surface area contributed by atoms with E-state index in [1.807, 2.05) is 13.8 Å². The Kier molecular flexibility index (Phi) is 2.42. The molecule has 4 heteroatoms. The molecule has 2 aromatic rings. The van der Waals surface area contributed by atoms with Gasteiger partial charge in [0.15, 0.2) is 5.82 Å². The van der Waals surface area contributed by atoms with Crippen molar-refractivity contribution in [3.63, 3.8) is 0 Å². The molecule has 1 N–H and O–H groups in total. The van der Waals surface area contributed by atoms with Crippen molar-refractivity contribution in [1.82, 2.24) is 14.8 Å². The molecule has 0 atom stereocenters. The predicted molar refractivity (Wildman–Crippen MR) is 63.5 cm³/mol. The molecule has 0 unspecified atom stereocenters. The minimum absolute atomic E-state index is 0.186. The first kappa shape index (κ1) is 10.7. The molecule has 0 saturated carbocycles. The second-order valence-electron chi connectivity index (χ2n) is 4.18. The fraction of sp³-hybridized carbons (Fsp3) is 0.333. The molecule has 1 aromatic heterocycles. The predicted octanol–water partition coefficient (Wildman–Crippen LogP) is 1.70. The van der Waals surface area contributed by atoms with Gasteiger partial charge in [-0.3, -0.25) is 4.98 Å². The van der Waals surface area contributed by atoms with Crippen molar-refractivity contribution in [1.29, 1.82) is 0 Å². The molecule has 0 aliphatic rings. The molecule has 0 fully saturated rings. The lowest BCUT2D eigenvalue weighted by atomic mass is 9.99. The van der Waals surface area contributed by atoms with Gasteiger partial charge < -0.3 is 0 Å². The van der Waals surface area contributed by atoms with E-state index in [-0.39, 0.29) is 5.69 Å². The van der Waals surface area contributed by atoms with Crippen LogP contribution in [0.3, 0.4) is 0 Å². The molecule has 16 heavy (non-hydrogen) atoms. The van der Waals surface area contributed by atoms with Crippen LogP contribution in [0.1, 0.15) is 16.7 Å². The SMILES string of the molecule is Cc1cc(C)c(-c2nn(C)c(=O)[nH]2)c(C)c1. The van der Waals surface area contributed by atoms with Crippen LogP contribution in [0.5, 0.6) is 0 Å². The summed E-state index contributed by atoms with van der Waals surface area (Å²) in [5.74, 6) is 0.641. The Labute approximate surface area is 93.9 Å². The molecule has 0 aliphatic carbocycles. The Morgan fingerprint density at radius 2 is 1.75 bits per heavy atom. The van der Waals surface area contributed by atoms with Crippen LogP contribution in [0, 0.1) is 20.8 Å². The molecule has 0 bridgehead atoms. The van der Waals surface area contributed by atoms with E-state index >= 15 is 0 Å². The summed E-state index contributed by atoms with van der Waals surface area (Å²) in [5, 5.41) is 4.18. The molecular formula is C12H15N3O. The van der Waals surface area contributed by atoms with Crippen LogP contribution >= 0.6 is 0 Å². The van der Waals surface area contributed by atoms with E-state index in [0.29, 0.717) is 5.82 Å². The number of H-pyrrole nitrogens is 1. The van der Waals surface area contributed by atoms with Gasteiger partial charge in [0.2, 0.25) is 0 Å². The third-order valence-corrected chi connectivity index (χ3v) is 2.68. The van der Waals surface area contributed by atoms with E-state index in [1.54, 1.807) is 7.05 Å². The Balaban J connectivity index is 2.69. The molecule has 0 amide bonds. The van der Waals surface area contributed by atoms with Gasteiger partial charge in [0, 0.05) is 12.6 Å². The number of hydrogen-bond donors (Lipinski definition) is 1. The molecule has 84 valence electrons. The zero-order chi connectivity index (χ0) is 11.9. The summed E-state index contributed by atoms with van der Waals surface area (Å²) in [5.41, 5.74) is 4.31. The molecule has 0 radical (unpaired) electrons. The lowest BCUT2D eigenvalue weighted by Crippen LogP contribution is -2.13. The van der Waals surface area contributed by atoms with E-state index < -0.39 is 0 Å². The van der Waals surface area contributed by atoms with Crippen molar-refractivity contribution in [3.8, 4) is 11.4 Å². The number of aromatic nitrogens is 3. The Morgan fingerprint density at radius 3 is 2.19 bits per heavy atom. The van der Waals surface area contributed by atoms with Gasteiger partial charge in [-0.25, -0.2) is 9.48 Å². The zero-order valence-corrected chi connectivity index (χ0v) is 9.96. The van der Waals surface area contributed by atoms with Gasteiger partial charge in [0.25, 0.3) is 0 Å². The number of benzene rings is 1. The van der Waals surface area contributed by atoms with Gasteiger partial charge >= 0.3 is 5.69 Å². The van der Waals surface area contributed by atoms with Crippen molar-refractivity contribution in [2.75, 3.05) is 0 Å². The van der Waals surface area contributed by atoms with Crippen LogP contribution in [0.2, 0.25) is 0 Å². The maximum absolute atomic E-state index is 11.3. The van der Waals surface area contributed by atoms with Crippen molar-refractivity contribution in [2.24, 2.45) is 7.05 Å². The van der Waals surface area contributed by atoms with Crippen LogP contribution in [0.4, 0.5) is 0 Å². The Hall–Kier alpha value is -1.84. The third-order valence-electron chi connectivity index (χ3n) is 2.68. The van der Waals surface area contributed by atoms with Gasteiger partial charge in [-0.15, -0.1) is 0 Å². The molecule has 2 rings (SSSR count). The molecule has 1 heterocycles. The summed E-state index contributed by atoms with van der Waals surface area (Å²) < 4.78 is 1.31. The lowest BCUT2D eigenvalue weighted by Gasteiger charge is -2.07. The first-order valence-electron chi connectivity index (χ1n) is 5.20. The highest BCUT2D eigenvalue weighted by Gasteiger charge is 2.11. The summed E-state index contributed by atoms with van der Waals surface area (Å²) in [7, 11) is 1.64. The average molecular weight is 217 g/mol. The summed E-state index contributed by atoms with van der Waals surface area (Å²) in [4.78, 5) is 14.1. The maximum atomic E-state index is 11.3. The van der Waals surface area contributed by atoms with Crippen molar-refractivity contribution < 1.29 is 0 Å². The Bertz CT molecular complexity index is 570. The van der Waals surface area contributed by atoms with Crippen molar-refractivity contribution >= 4 is 0 Å². The highest BCUT2D eigenvalue weighted by atomic mass is 16.1. The standard InChI is InChI=1S/C12H15N3O/c1-7-5-8(2)10(9(3)6-7)11-13-12(16)15(4)14-11/h5-6H,1-4H3,(H,13,14,16). The fourth-order valence-corrected chi connectivity index (χ4v) is 2.07. The summed E-state index contributed by atoms with van der Waals surface area (Å²) in [6.45, 7) is 6.12.